The lowest BCUT2D eigenvalue weighted by Gasteiger charge is -2.12. The van der Waals surface area contributed by atoms with E-state index in [1.165, 1.54) is 0 Å². The molecule has 1 aromatic carbocycles. The molecule has 6 heteroatoms. The maximum Gasteiger partial charge on any atom is 0.324 e. The van der Waals surface area contributed by atoms with Gasteiger partial charge in [-0.3, -0.25) is 0 Å². The summed E-state index contributed by atoms with van der Waals surface area (Å²) >= 11 is -0.232. The first kappa shape index (κ1) is 11.4. The maximum absolute atomic E-state index is 12.9. The number of alkyl halides is 2. The lowest BCUT2D eigenvalue weighted by Crippen LogP contribution is -2.14. The Morgan fingerprint density at radius 1 is 1.29 bits per heavy atom. The Morgan fingerprint density at radius 3 is 2.50 bits per heavy atom. The molecule has 0 heterocycles. The number of halogens is 2. The van der Waals surface area contributed by atoms with Gasteiger partial charge in [0.2, 0.25) is 0 Å². The lowest BCUT2D eigenvalue weighted by molar-refractivity contribution is -0.433. The van der Waals surface area contributed by atoms with Gasteiger partial charge in [-0.2, -0.15) is 8.78 Å². The third kappa shape index (κ3) is 4.01. The zero-order valence-corrected chi connectivity index (χ0v) is 7.84. The van der Waals surface area contributed by atoms with Gasteiger partial charge in [0.05, 0.1) is 0 Å². The van der Waals surface area contributed by atoms with Crippen LogP contribution in [0.4, 0.5) is 8.78 Å². The molecule has 0 unspecified atom stereocenters. The predicted octanol–water partition coefficient (Wildman–Crippen LogP) is 2.89. The number of hydrogen-bond acceptors (Lipinski definition) is 4. The Kier molecular flexibility index (Phi) is 4.27. The van der Waals surface area contributed by atoms with Crippen LogP contribution in [0.5, 0.6) is 0 Å². The summed E-state index contributed by atoms with van der Waals surface area (Å²) in [6.45, 7) is 0. The molecule has 3 nitrogen and oxygen atoms in total. The van der Waals surface area contributed by atoms with Gasteiger partial charge in [0.1, 0.15) is 12.0 Å². The normalized spacial score (nSPS) is 11.6. The second-order valence-electron chi connectivity index (χ2n) is 2.53. The van der Waals surface area contributed by atoms with Crippen molar-refractivity contribution >= 4 is 12.0 Å². The molecule has 0 spiro atoms. The summed E-state index contributed by atoms with van der Waals surface area (Å²) < 4.78 is 29.6. The molecule has 0 amide bonds. The van der Waals surface area contributed by atoms with Gasteiger partial charge in [-0.05, 0) is 5.56 Å². The molecule has 14 heavy (non-hydrogen) atoms. The van der Waals surface area contributed by atoms with Crippen molar-refractivity contribution < 1.29 is 23.4 Å². The fraction of sp³-hybridized carbons (Fsp3) is 0.250. The summed E-state index contributed by atoms with van der Waals surface area (Å²) in [4.78, 5) is 0. The fourth-order valence-corrected chi connectivity index (χ4v) is 1.28. The van der Waals surface area contributed by atoms with E-state index in [4.69, 9.17) is 5.26 Å². The molecular formula is C8H8F2O3S. The van der Waals surface area contributed by atoms with Gasteiger partial charge in [0.25, 0.3) is 0 Å². The third-order valence-electron chi connectivity index (χ3n) is 1.44. The van der Waals surface area contributed by atoms with E-state index in [1.807, 2.05) is 0 Å². The van der Waals surface area contributed by atoms with E-state index in [9.17, 15) is 8.78 Å². The van der Waals surface area contributed by atoms with Crippen LogP contribution >= 0.6 is 12.0 Å². The fourth-order valence-electron chi connectivity index (χ4n) is 0.928. The van der Waals surface area contributed by atoms with Crippen molar-refractivity contribution in [3.05, 3.63) is 35.9 Å². The van der Waals surface area contributed by atoms with Gasteiger partial charge in [0, 0.05) is 6.42 Å². The lowest BCUT2D eigenvalue weighted by atomic mass is 10.2. The quantitative estimate of drug-likeness (QED) is 0.472. The van der Waals surface area contributed by atoms with E-state index in [2.05, 4.69) is 9.37 Å². The van der Waals surface area contributed by atoms with Gasteiger partial charge < -0.3 is 0 Å². The summed E-state index contributed by atoms with van der Waals surface area (Å²) in [5.41, 5.74) is 0.478. The van der Waals surface area contributed by atoms with Crippen LogP contribution in [0, 0.1) is 0 Å². The molecule has 1 aromatic rings. The molecule has 0 aromatic heterocycles. The highest BCUT2D eigenvalue weighted by Crippen LogP contribution is 2.33. The summed E-state index contributed by atoms with van der Waals surface area (Å²) in [6.07, 6.45) is -0.484. The molecule has 0 aliphatic carbocycles. The van der Waals surface area contributed by atoms with Crippen molar-refractivity contribution in [3.63, 3.8) is 0 Å². The van der Waals surface area contributed by atoms with Crippen molar-refractivity contribution in [3.8, 4) is 0 Å². The monoisotopic (exact) mass is 222 g/mol. The highest BCUT2D eigenvalue weighted by molar-refractivity contribution is 7.95. The van der Waals surface area contributed by atoms with Gasteiger partial charge in [-0.1, -0.05) is 35.4 Å². The zero-order chi connectivity index (χ0) is 10.4. The number of hydrogen-bond donors (Lipinski definition) is 1. The molecule has 0 bridgehead atoms. The van der Waals surface area contributed by atoms with Crippen molar-refractivity contribution in [1.82, 2.24) is 0 Å². The Balaban J connectivity index is 2.50. The Hall–Kier alpha value is -0.690. The van der Waals surface area contributed by atoms with Gasteiger partial charge in [-0.15, -0.1) is 4.33 Å². The standard InChI is InChI=1S/C8H8F2O3S/c9-8(10,14-13-12-11)6-7-4-2-1-3-5-7/h1-5,11H,6H2. The van der Waals surface area contributed by atoms with Crippen LogP contribution in [-0.2, 0) is 15.8 Å². The number of benzene rings is 1. The summed E-state index contributed by atoms with van der Waals surface area (Å²) in [6, 6.07) is 8.23. The molecule has 0 aliphatic rings. The first-order valence-electron chi connectivity index (χ1n) is 3.72. The Morgan fingerprint density at radius 2 is 1.93 bits per heavy atom. The molecule has 1 N–H and O–H groups in total. The van der Waals surface area contributed by atoms with Gasteiger partial charge >= 0.3 is 5.25 Å². The second-order valence-corrected chi connectivity index (χ2v) is 3.43. The van der Waals surface area contributed by atoms with Crippen LogP contribution in [0.15, 0.2) is 30.3 Å². The van der Waals surface area contributed by atoms with E-state index < -0.39 is 11.7 Å². The summed E-state index contributed by atoms with van der Waals surface area (Å²) in [5.74, 6) is 0. The van der Waals surface area contributed by atoms with Crippen molar-refractivity contribution in [2.24, 2.45) is 0 Å². The minimum absolute atomic E-state index is 0.232. The van der Waals surface area contributed by atoms with Gasteiger partial charge in [0.15, 0.2) is 0 Å². The minimum Gasteiger partial charge on any atom is -0.220 e. The second kappa shape index (κ2) is 5.26. The highest BCUT2D eigenvalue weighted by Gasteiger charge is 2.32. The maximum atomic E-state index is 12.9. The van der Waals surface area contributed by atoms with E-state index in [0.29, 0.717) is 5.56 Å². The molecule has 0 atom stereocenters. The first-order valence-corrected chi connectivity index (χ1v) is 4.46. The molecule has 1 rings (SSSR count). The van der Waals surface area contributed by atoms with Crippen LogP contribution in [0.2, 0.25) is 0 Å². The predicted molar refractivity (Wildman–Crippen MR) is 47.5 cm³/mol. The van der Waals surface area contributed by atoms with Crippen molar-refractivity contribution in [2.75, 3.05) is 0 Å². The molecule has 0 saturated carbocycles. The number of rotatable bonds is 5. The first-order chi connectivity index (χ1) is 6.64. The van der Waals surface area contributed by atoms with E-state index in [1.54, 1.807) is 30.3 Å². The van der Waals surface area contributed by atoms with Crippen molar-refractivity contribution in [2.45, 2.75) is 11.7 Å². The van der Waals surface area contributed by atoms with E-state index in [0.717, 1.165) is 0 Å². The van der Waals surface area contributed by atoms with E-state index in [-0.39, 0.29) is 12.0 Å². The third-order valence-corrected chi connectivity index (χ3v) is 1.96. The van der Waals surface area contributed by atoms with Gasteiger partial charge in [-0.25, -0.2) is 5.26 Å². The van der Waals surface area contributed by atoms with Crippen LogP contribution in [0.25, 0.3) is 0 Å². The summed E-state index contributed by atoms with van der Waals surface area (Å²) in [5, 5.41) is 7.68. The average molecular weight is 222 g/mol. The average Bonchev–Trinajstić information content (AvgIpc) is 2.16. The van der Waals surface area contributed by atoms with Crippen LogP contribution in [0.1, 0.15) is 5.56 Å². The Labute approximate surface area is 83.7 Å². The van der Waals surface area contributed by atoms with Crippen molar-refractivity contribution in [1.29, 1.82) is 0 Å². The summed E-state index contributed by atoms with van der Waals surface area (Å²) in [7, 11) is 0. The van der Waals surface area contributed by atoms with Crippen LogP contribution in [-0.4, -0.2) is 10.5 Å². The molecule has 0 radical (unpaired) electrons. The largest absolute Gasteiger partial charge is 0.324 e. The SMILES string of the molecule is OOOSC(F)(F)Cc1ccccc1. The molecule has 78 valence electrons. The minimum atomic E-state index is -3.13. The molecular weight excluding hydrogens is 214 g/mol. The molecule has 0 aliphatic heterocycles. The van der Waals surface area contributed by atoms with Crippen LogP contribution < -0.4 is 0 Å². The Bertz CT molecular complexity index is 269. The highest BCUT2D eigenvalue weighted by atomic mass is 32.2. The topological polar surface area (TPSA) is 38.7 Å². The smallest absolute Gasteiger partial charge is 0.220 e. The van der Waals surface area contributed by atoms with E-state index >= 15 is 0 Å². The van der Waals surface area contributed by atoms with Crippen LogP contribution in [0.3, 0.4) is 0 Å². The zero-order valence-electron chi connectivity index (χ0n) is 7.02. The molecule has 0 fully saturated rings. The molecule has 0 saturated heterocycles.